The molecule has 14 heavy (non-hydrogen) atoms. The molecule has 1 aliphatic heterocycles. The molecule has 1 saturated heterocycles. The summed E-state index contributed by atoms with van der Waals surface area (Å²) in [6.07, 6.45) is 3.94. The van der Waals surface area contributed by atoms with E-state index in [0.29, 0.717) is 12.1 Å². The smallest absolute Gasteiger partial charge is 0.0753 e. The Kier molecular flexibility index (Phi) is 2.52. The quantitative estimate of drug-likeness (QED) is 0.659. The van der Waals surface area contributed by atoms with E-state index in [1.54, 1.807) is 0 Å². The standard InChI is InChI=1S/C9H17N5/c1-6-7(10)3-4-8(12-6)9-5-11-13-14(9)2/h5-8,12H,3-4,10H2,1-2H3. The molecule has 0 saturated carbocycles. The van der Waals surface area contributed by atoms with Crippen LogP contribution in [0.2, 0.25) is 0 Å². The maximum absolute atomic E-state index is 5.93. The summed E-state index contributed by atoms with van der Waals surface area (Å²) < 4.78 is 1.82. The number of piperidine rings is 1. The van der Waals surface area contributed by atoms with Gasteiger partial charge in [0.25, 0.3) is 0 Å². The van der Waals surface area contributed by atoms with E-state index in [9.17, 15) is 0 Å². The van der Waals surface area contributed by atoms with E-state index in [4.69, 9.17) is 5.73 Å². The Hall–Kier alpha value is -0.940. The van der Waals surface area contributed by atoms with Crippen LogP contribution in [-0.4, -0.2) is 27.1 Å². The fourth-order valence-corrected chi connectivity index (χ4v) is 1.98. The third kappa shape index (κ3) is 1.65. The number of nitrogens with two attached hydrogens (primary N) is 1. The number of hydrogen-bond acceptors (Lipinski definition) is 4. The van der Waals surface area contributed by atoms with Crippen LogP contribution in [-0.2, 0) is 7.05 Å². The first-order chi connectivity index (χ1) is 6.68. The maximum atomic E-state index is 5.93. The second-order valence-electron chi connectivity index (χ2n) is 4.03. The molecule has 0 aliphatic carbocycles. The molecule has 3 atom stereocenters. The maximum Gasteiger partial charge on any atom is 0.0753 e. The molecule has 1 aromatic heterocycles. The van der Waals surface area contributed by atoms with Crippen LogP contribution in [0.4, 0.5) is 0 Å². The van der Waals surface area contributed by atoms with Crippen LogP contribution < -0.4 is 11.1 Å². The average Bonchev–Trinajstić information content (AvgIpc) is 2.57. The molecule has 78 valence electrons. The van der Waals surface area contributed by atoms with Crippen LogP contribution in [0.25, 0.3) is 0 Å². The van der Waals surface area contributed by atoms with Crippen molar-refractivity contribution in [2.45, 2.75) is 37.9 Å². The molecule has 0 aromatic carbocycles. The predicted octanol–water partition coefficient (Wildman–Crippen LogP) is -0.0446. The molecule has 0 amide bonds. The van der Waals surface area contributed by atoms with Gasteiger partial charge < -0.3 is 11.1 Å². The summed E-state index contributed by atoms with van der Waals surface area (Å²) in [6, 6.07) is 0.987. The van der Waals surface area contributed by atoms with E-state index in [0.717, 1.165) is 18.5 Å². The minimum Gasteiger partial charge on any atom is -0.326 e. The molecular weight excluding hydrogens is 178 g/mol. The Morgan fingerprint density at radius 2 is 2.36 bits per heavy atom. The van der Waals surface area contributed by atoms with E-state index < -0.39 is 0 Å². The Balaban J connectivity index is 2.10. The number of aryl methyl sites for hydroxylation is 1. The topological polar surface area (TPSA) is 68.8 Å². The lowest BCUT2D eigenvalue weighted by Crippen LogP contribution is -2.49. The van der Waals surface area contributed by atoms with Crippen LogP contribution in [0.3, 0.4) is 0 Å². The summed E-state index contributed by atoms with van der Waals surface area (Å²) >= 11 is 0. The molecule has 3 unspecified atom stereocenters. The molecule has 0 spiro atoms. The average molecular weight is 195 g/mol. The van der Waals surface area contributed by atoms with Crippen molar-refractivity contribution in [1.82, 2.24) is 20.3 Å². The van der Waals surface area contributed by atoms with Gasteiger partial charge in [0, 0.05) is 19.1 Å². The molecule has 1 aliphatic rings. The van der Waals surface area contributed by atoms with Gasteiger partial charge in [-0.15, -0.1) is 5.10 Å². The second kappa shape index (κ2) is 3.67. The molecule has 2 heterocycles. The van der Waals surface area contributed by atoms with E-state index >= 15 is 0 Å². The molecule has 5 heteroatoms. The predicted molar refractivity (Wildman–Crippen MR) is 53.6 cm³/mol. The van der Waals surface area contributed by atoms with Crippen LogP contribution in [0.1, 0.15) is 31.5 Å². The van der Waals surface area contributed by atoms with E-state index in [1.807, 2.05) is 17.9 Å². The molecular formula is C9H17N5. The fourth-order valence-electron chi connectivity index (χ4n) is 1.98. The summed E-state index contributed by atoms with van der Waals surface area (Å²) in [7, 11) is 1.92. The van der Waals surface area contributed by atoms with Gasteiger partial charge in [0.15, 0.2) is 0 Å². The van der Waals surface area contributed by atoms with Gasteiger partial charge >= 0.3 is 0 Å². The van der Waals surface area contributed by atoms with Crippen molar-refractivity contribution in [2.24, 2.45) is 12.8 Å². The summed E-state index contributed by atoms with van der Waals surface area (Å²) in [5.74, 6) is 0. The van der Waals surface area contributed by atoms with Crippen molar-refractivity contribution in [3.05, 3.63) is 11.9 Å². The lowest BCUT2D eigenvalue weighted by molar-refractivity contribution is 0.294. The summed E-state index contributed by atoms with van der Waals surface area (Å²) in [5.41, 5.74) is 7.07. The second-order valence-corrected chi connectivity index (χ2v) is 4.03. The van der Waals surface area contributed by atoms with Crippen LogP contribution in [0.15, 0.2) is 6.20 Å². The fraction of sp³-hybridized carbons (Fsp3) is 0.778. The van der Waals surface area contributed by atoms with Crippen molar-refractivity contribution >= 4 is 0 Å². The van der Waals surface area contributed by atoms with E-state index in [1.165, 1.54) is 0 Å². The van der Waals surface area contributed by atoms with Crippen LogP contribution in [0, 0.1) is 0 Å². The third-order valence-corrected chi connectivity index (χ3v) is 3.00. The number of aromatic nitrogens is 3. The van der Waals surface area contributed by atoms with E-state index in [2.05, 4.69) is 22.6 Å². The molecule has 1 fully saturated rings. The normalized spacial score (nSPS) is 33.2. The van der Waals surface area contributed by atoms with Gasteiger partial charge in [-0.2, -0.15) is 0 Å². The molecule has 5 nitrogen and oxygen atoms in total. The van der Waals surface area contributed by atoms with Crippen LogP contribution >= 0.6 is 0 Å². The first kappa shape index (κ1) is 9.61. The Morgan fingerprint density at radius 3 is 2.93 bits per heavy atom. The zero-order valence-electron chi connectivity index (χ0n) is 8.64. The van der Waals surface area contributed by atoms with Gasteiger partial charge in [-0.3, -0.25) is 4.68 Å². The highest BCUT2D eigenvalue weighted by atomic mass is 15.4. The van der Waals surface area contributed by atoms with Gasteiger partial charge in [-0.25, -0.2) is 0 Å². The Labute approximate surface area is 83.7 Å². The minimum atomic E-state index is 0.271. The monoisotopic (exact) mass is 195 g/mol. The third-order valence-electron chi connectivity index (χ3n) is 3.00. The number of hydrogen-bond donors (Lipinski definition) is 2. The highest BCUT2D eigenvalue weighted by Crippen LogP contribution is 2.23. The van der Waals surface area contributed by atoms with E-state index in [-0.39, 0.29) is 6.04 Å². The van der Waals surface area contributed by atoms with Crippen LogP contribution in [0.5, 0.6) is 0 Å². The van der Waals surface area contributed by atoms with Crippen molar-refractivity contribution < 1.29 is 0 Å². The van der Waals surface area contributed by atoms with Crippen molar-refractivity contribution in [2.75, 3.05) is 0 Å². The van der Waals surface area contributed by atoms with Crippen molar-refractivity contribution in [1.29, 1.82) is 0 Å². The summed E-state index contributed by atoms with van der Waals surface area (Å²) in [4.78, 5) is 0. The van der Waals surface area contributed by atoms with Gasteiger partial charge in [-0.1, -0.05) is 5.21 Å². The van der Waals surface area contributed by atoms with Crippen molar-refractivity contribution in [3.8, 4) is 0 Å². The zero-order chi connectivity index (χ0) is 10.1. The van der Waals surface area contributed by atoms with Gasteiger partial charge in [-0.05, 0) is 19.8 Å². The molecule has 3 N–H and O–H groups in total. The SMILES string of the molecule is CC1NC(c2cnnn2C)CCC1N. The number of rotatable bonds is 1. The molecule has 1 aromatic rings. The van der Waals surface area contributed by atoms with Gasteiger partial charge in [0.2, 0.25) is 0 Å². The summed E-state index contributed by atoms with van der Waals surface area (Å²) in [6.45, 7) is 2.13. The largest absolute Gasteiger partial charge is 0.326 e. The molecule has 2 rings (SSSR count). The first-order valence-corrected chi connectivity index (χ1v) is 5.04. The minimum absolute atomic E-state index is 0.271. The number of nitrogens with zero attached hydrogens (tertiary/aromatic N) is 3. The zero-order valence-corrected chi connectivity index (χ0v) is 8.64. The lowest BCUT2D eigenvalue weighted by Gasteiger charge is -2.33. The number of nitrogens with one attached hydrogen (secondary N) is 1. The van der Waals surface area contributed by atoms with Crippen molar-refractivity contribution in [3.63, 3.8) is 0 Å². The summed E-state index contributed by atoms with van der Waals surface area (Å²) in [5, 5.41) is 11.3. The Bertz CT molecular complexity index is 308. The molecule has 0 radical (unpaired) electrons. The van der Waals surface area contributed by atoms with Gasteiger partial charge in [0.1, 0.15) is 0 Å². The van der Waals surface area contributed by atoms with Gasteiger partial charge in [0.05, 0.1) is 17.9 Å². The molecule has 0 bridgehead atoms. The lowest BCUT2D eigenvalue weighted by atomic mass is 9.94. The first-order valence-electron chi connectivity index (χ1n) is 5.04. The Morgan fingerprint density at radius 1 is 1.57 bits per heavy atom. The highest BCUT2D eigenvalue weighted by molar-refractivity contribution is 5.05. The highest BCUT2D eigenvalue weighted by Gasteiger charge is 2.26.